The summed E-state index contributed by atoms with van der Waals surface area (Å²) in [6.07, 6.45) is 1.01. The van der Waals surface area contributed by atoms with Crippen LogP contribution in [0.1, 0.15) is 18.1 Å². The molecule has 0 radical (unpaired) electrons. The van der Waals surface area contributed by atoms with Gasteiger partial charge in [0.2, 0.25) is 0 Å². The van der Waals surface area contributed by atoms with E-state index in [1.54, 1.807) is 6.07 Å². The highest BCUT2D eigenvalue weighted by Crippen LogP contribution is 2.19. The van der Waals surface area contributed by atoms with Crippen molar-refractivity contribution in [2.75, 3.05) is 0 Å². The highest BCUT2D eigenvalue weighted by Gasteiger charge is 2.04. The standard InChI is InChI=1S/C16H17Cl2N/c1-12(7-13-5-3-2-4-6-13)19-11-14-8-15(17)10-16(18)9-14/h2-6,8-10,12,19H,7,11H2,1H3. The molecule has 2 aromatic carbocycles. The molecule has 1 nitrogen and oxygen atoms in total. The second-order valence-corrected chi connectivity index (χ2v) is 5.62. The van der Waals surface area contributed by atoms with Crippen molar-refractivity contribution >= 4 is 23.2 Å². The van der Waals surface area contributed by atoms with E-state index >= 15 is 0 Å². The van der Waals surface area contributed by atoms with Gasteiger partial charge < -0.3 is 5.32 Å². The average Bonchev–Trinajstić information content (AvgIpc) is 2.36. The van der Waals surface area contributed by atoms with Crippen molar-refractivity contribution in [2.24, 2.45) is 0 Å². The van der Waals surface area contributed by atoms with E-state index in [0.29, 0.717) is 16.1 Å². The van der Waals surface area contributed by atoms with Crippen LogP contribution in [0, 0.1) is 0 Å². The molecule has 0 spiro atoms. The zero-order valence-electron chi connectivity index (χ0n) is 10.9. The highest BCUT2D eigenvalue weighted by molar-refractivity contribution is 6.34. The van der Waals surface area contributed by atoms with E-state index < -0.39 is 0 Å². The zero-order chi connectivity index (χ0) is 13.7. The van der Waals surface area contributed by atoms with E-state index in [4.69, 9.17) is 23.2 Å². The molecule has 0 fully saturated rings. The first-order valence-corrected chi connectivity index (χ1v) is 7.11. The third kappa shape index (κ3) is 4.87. The second kappa shape index (κ2) is 6.95. The molecule has 0 aliphatic carbocycles. The van der Waals surface area contributed by atoms with Gasteiger partial charge in [-0.25, -0.2) is 0 Å². The summed E-state index contributed by atoms with van der Waals surface area (Å²) in [5.41, 5.74) is 2.45. The van der Waals surface area contributed by atoms with E-state index in [1.807, 2.05) is 18.2 Å². The van der Waals surface area contributed by atoms with Gasteiger partial charge in [-0.05, 0) is 42.7 Å². The number of hydrogen-bond acceptors (Lipinski definition) is 1. The van der Waals surface area contributed by atoms with Crippen LogP contribution in [0.3, 0.4) is 0 Å². The smallest absolute Gasteiger partial charge is 0.0424 e. The molecular weight excluding hydrogens is 277 g/mol. The van der Waals surface area contributed by atoms with Gasteiger partial charge in [0.25, 0.3) is 0 Å². The van der Waals surface area contributed by atoms with E-state index in [0.717, 1.165) is 18.5 Å². The molecule has 0 saturated heterocycles. The van der Waals surface area contributed by atoms with Gasteiger partial charge in [0, 0.05) is 22.6 Å². The molecule has 19 heavy (non-hydrogen) atoms. The third-order valence-corrected chi connectivity index (χ3v) is 3.40. The van der Waals surface area contributed by atoms with Gasteiger partial charge in [-0.15, -0.1) is 0 Å². The van der Waals surface area contributed by atoms with Crippen LogP contribution in [-0.2, 0) is 13.0 Å². The van der Waals surface area contributed by atoms with Crippen LogP contribution in [0.15, 0.2) is 48.5 Å². The Kier molecular flexibility index (Phi) is 5.26. The highest BCUT2D eigenvalue weighted by atomic mass is 35.5. The zero-order valence-corrected chi connectivity index (χ0v) is 12.4. The van der Waals surface area contributed by atoms with Crippen LogP contribution in [0.4, 0.5) is 0 Å². The largest absolute Gasteiger partial charge is 0.310 e. The molecule has 2 aromatic rings. The van der Waals surface area contributed by atoms with Crippen molar-refractivity contribution in [1.29, 1.82) is 0 Å². The molecule has 100 valence electrons. The van der Waals surface area contributed by atoms with Gasteiger partial charge in [0.15, 0.2) is 0 Å². The molecule has 0 aliphatic rings. The summed E-state index contributed by atoms with van der Waals surface area (Å²) < 4.78 is 0. The summed E-state index contributed by atoms with van der Waals surface area (Å²) in [6, 6.07) is 16.5. The molecule has 0 aromatic heterocycles. The first kappa shape index (κ1) is 14.4. The van der Waals surface area contributed by atoms with Gasteiger partial charge in [0.1, 0.15) is 0 Å². The van der Waals surface area contributed by atoms with Crippen molar-refractivity contribution in [2.45, 2.75) is 25.9 Å². The number of nitrogens with one attached hydrogen (secondary N) is 1. The van der Waals surface area contributed by atoms with Crippen LogP contribution < -0.4 is 5.32 Å². The Balaban J connectivity index is 1.88. The molecule has 2 rings (SSSR count). The van der Waals surface area contributed by atoms with Crippen LogP contribution >= 0.6 is 23.2 Å². The maximum absolute atomic E-state index is 5.98. The first-order chi connectivity index (χ1) is 9.13. The van der Waals surface area contributed by atoms with Crippen molar-refractivity contribution in [3.05, 3.63) is 69.7 Å². The van der Waals surface area contributed by atoms with Gasteiger partial charge in [-0.3, -0.25) is 0 Å². The normalized spacial score (nSPS) is 12.4. The van der Waals surface area contributed by atoms with Crippen molar-refractivity contribution in [1.82, 2.24) is 5.32 Å². The summed E-state index contributed by atoms with van der Waals surface area (Å²) in [7, 11) is 0. The Labute approximate surface area is 124 Å². The number of halogens is 2. The quantitative estimate of drug-likeness (QED) is 0.841. The Morgan fingerprint density at radius 2 is 1.58 bits per heavy atom. The summed E-state index contributed by atoms with van der Waals surface area (Å²) in [6.45, 7) is 2.95. The molecule has 0 bridgehead atoms. The number of rotatable bonds is 5. The SMILES string of the molecule is CC(Cc1ccccc1)NCc1cc(Cl)cc(Cl)c1. The molecule has 0 aliphatic heterocycles. The first-order valence-electron chi connectivity index (χ1n) is 6.36. The summed E-state index contributed by atoms with van der Waals surface area (Å²) in [4.78, 5) is 0. The fourth-order valence-electron chi connectivity index (χ4n) is 2.04. The fraction of sp³-hybridized carbons (Fsp3) is 0.250. The topological polar surface area (TPSA) is 12.0 Å². The molecular formula is C16H17Cl2N. The third-order valence-electron chi connectivity index (χ3n) is 2.96. The monoisotopic (exact) mass is 293 g/mol. The Hall–Kier alpha value is -1.02. The number of benzene rings is 2. The van der Waals surface area contributed by atoms with Crippen molar-refractivity contribution in [3.8, 4) is 0 Å². The van der Waals surface area contributed by atoms with E-state index in [1.165, 1.54) is 5.56 Å². The fourth-order valence-corrected chi connectivity index (χ4v) is 2.62. The predicted octanol–water partition coefficient (Wildman–Crippen LogP) is 4.71. The summed E-state index contributed by atoms with van der Waals surface area (Å²) >= 11 is 12.0. The molecule has 1 unspecified atom stereocenters. The second-order valence-electron chi connectivity index (χ2n) is 4.75. The van der Waals surface area contributed by atoms with Crippen molar-refractivity contribution in [3.63, 3.8) is 0 Å². The van der Waals surface area contributed by atoms with Gasteiger partial charge in [0.05, 0.1) is 0 Å². The Morgan fingerprint density at radius 1 is 0.947 bits per heavy atom. The molecule has 3 heteroatoms. The minimum absolute atomic E-state index is 0.403. The van der Waals surface area contributed by atoms with E-state index in [9.17, 15) is 0 Å². The van der Waals surface area contributed by atoms with Crippen LogP contribution in [0.2, 0.25) is 10.0 Å². The Morgan fingerprint density at radius 3 is 2.21 bits per heavy atom. The minimum Gasteiger partial charge on any atom is -0.310 e. The maximum atomic E-state index is 5.98. The molecule has 0 amide bonds. The Bertz CT molecular complexity index is 505. The van der Waals surface area contributed by atoms with Crippen LogP contribution in [0.5, 0.6) is 0 Å². The summed E-state index contributed by atoms with van der Waals surface area (Å²) in [5, 5.41) is 4.85. The lowest BCUT2D eigenvalue weighted by atomic mass is 10.1. The minimum atomic E-state index is 0.403. The van der Waals surface area contributed by atoms with Crippen molar-refractivity contribution < 1.29 is 0 Å². The van der Waals surface area contributed by atoms with E-state index in [-0.39, 0.29) is 0 Å². The summed E-state index contributed by atoms with van der Waals surface area (Å²) in [5.74, 6) is 0. The lowest BCUT2D eigenvalue weighted by molar-refractivity contribution is 0.545. The van der Waals surface area contributed by atoms with Gasteiger partial charge in [-0.1, -0.05) is 53.5 Å². The lowest BCUT2D eigenvalue weighted by Crippen LogP contribution is -2.27. The number of hydrogen-bond donors (Lipinski definition) is 1. The molecule has 1 N–H and O–H groups in total. The maximum Gasteiger partial charge on any atom is 0.0424 e. The lowest BCUT2D eigenvalue weighted by Gasteiger charge is -2.14. The van der Waals surface area contributed by atoms with Gasteiger partial charge in [-0.2, -0.15) is 0 Å². The average molecular weight is 294 g/mol. The van der Waals surface area contributed by atoms with Crippen LogP contribution in [-0.4, -0.2) is 6.04 Å². The van der Waals surface area contributed by atoms with Gasteiger partial charge >= 0.3 is 0 Å². The molecule has 1 atom stereocenters. The molecule has 0 heterocycles. The van der Waals surface area contributed by atoms with Crippen LogP contribution in [0.25, 0.3) is 0 Å². The molecule has 0 saturated carbocycles. The van der Waals surface area contributed by atoms with E-state index in [2.05, 4.69) is 36.5 Å². The predicted molar refractivity (Wildman–Crippen MR) is 82.9 cm³/mol.